The fraction of sp³-hybridized carbons (Fsp3) is 0.211. The van der Waals surface area contributed by atoms with E-state index in [-0.39, 0.29) is 11.3 Å². The molecule has 0 bridgehead atoms. The van der Waals surface area contributed by atoms with E-state index >= 15 is 0 Å². The second-order valence-electron chi connectivity index (χ2n) is 6.28. The lowest BCUT2D eigenvalue weighted by molar-refractivity contribution is 0.104. The van der Waals surface area contributed by atoms with Crippen LogP contribution in [0.2, 0.25) is 0 Å². The predicted molar refractivity (Wildman–Crippen MR) is 93.8 cm³/mol. The molecule has 1 aliphatic rings. The van der Waals surface area contributed by atoms with Crippen LogP contribution in [0.4, 0.5) is 0 Å². The number of carbonyl (C=O) groups is 1. The number of nitrogens with one attached hydrogen (secondary N) is 1. The molecule has 0 atom stereocenters. The molecule has 0 saturated heterocycles. The summed E-state index contributed by atoms with van der Waals surface area (Å²) in [5, 5.41) is 3.50. The van der Waals surface area contributed by atoms with Crippen molar-refractivity contribution in [2.75, 3.05) is 0 Å². The van der Waals surface area contributed by atoms with Crippen molar-refractivity contribution < 1.29 is 4.79 Å². The van der Waals surface area contributed by atoms with Crippen molar-refractivity contribution in [2.45, 2.75) is 25.8 Å². The number of hydrogen-bond acceptors (Lipinski definition) is 2. The van der Waals surface area contributed by atoms with Gasteiger partial charge < -0.3 is 5.32 Å². The third-order valence-corrected chi connectivity index (χ3v) is 4.29. The number of allylic oxidation sites excluding steroid dienone is 1. The molecule has 0 radical (unpaired) electrons. The third kappa shape index (κ3) is 3.14. The molecule has 0 fully saturated rings. The Morgan fingerprint density at radius 1 is 1.18 bits per heavy atom. The fourth-order valence-corrected chi connectivity index (χ4v) is 3.20. The minimum atomic E-state index is -0.0658. The summed E-state index contributed by atoms with van der Waals surface area (Å²) in [5.74, 6) is 0.0201. The summed E-state index contributed by atoms with van der Waals surface area (Å²) in [5.41, 5.74) is 3.89. The summed E-state index contributed by atoms with van der Waals surface area (Å²) in [4.78, 5) is 12.5. The average molecular weight is 356 g/mol. The average Bonchev–Trinajstić information content (AvgIpc) is 2.48. The largest absolute Gasteiger partial charge is 0.379 e. The lowest BCUT2D eigenvalue weighted by Crippen LogP contribution is -2.43. The van der Waals surface area contributed by atoms with Gasteiger partial charge in [0.05, 0.1) is 0 Å². The van der Waals surface area contributed by atoms with Crippen LogP contribution in [0.5, 0.6) is 0 Å². The molecule has 3 rings (SSSR count). The molecule has 0 amide bonds. The zero-order valence-corrected chi connectivity index (χ0v) is 14.3. The number of carbonyl (C=O) groups excluding carboxylic acids is 1. The van der Waals surface area contributed by atoms with Crippen molar-refractivity contribution in [2.24, 2.45) is 0 Å². The first-order chi connectivity index (χ1) is 10.4. The Morgan fingerprint density at radius 3 is 2.64 bits per heavy atom. The van der Waals surface area contributed by atoms with Crippen LogP contribution in [-0.2, 0) is 6.42 Å². The first-order valence-corrected chi connectivity index (χ1v) is 8.12. The molecule has 0 aromatic heterocycles. The summed E-state index contributed by atoms with van der Waals surface area (Å²) in [6.45, 7) is 4.30. The van der Waals surface area contributed by atoms with Gasteiger partial charge in [0.2, 0.25) is 0 Å². The normalized spacial score (nSPS) is 17.7. The highest BCUT2D eigenvalue weighted by atomic mass is 79.9. The molecule has 0 unspecified atom stereocenters. The maximum Gasteiger partial charge on any atom is 0.187 e. The van der Waals surface area contributed by atoms with Crippen LogP contribution in [0.15, 0.2) is 59.1 Å². The molecule has 2 aromatic rings. The summed E-state index contributed by atoms with van der Waals surface area (Å²) in [6, 6.07) is 15.6. The number of fused-ring (bicyclic) bond motifs is 1. The van der Waals surface area contributed by atoms with E-state index in [0.29, 0.717) is 5.56 Å². The Morgan fingerprint density at radius 2 is 1.91 bits per heavy atom. The highest BCUT2D eigenvalue weighted by Crippen LogP contribution is 2.31. The molecule has 112 valence electrons. The molecule has 1 heterocycles. The van der Waals surface area contributed by atoms with Crippen LogP contribution in [0.3, 0.4) is 0 Å². The van der Waals surface area contributed by atoms with E-state index < -0.39 is 0 Å². The summed E-state index contributed by atoms with van der Waals surface area (Å²) < 4.78 is 1.02. The van der Waals surface area contributed by atoms with E-state index in [4.69, 9.17) is 0 Å². The molecular formula is C19H18BrNO. The Labute approximate surface area is 139 Å². The van der Waals surface area contributed by atoms with E-state index in [1.54, 1.807) is 6.08 Å². The molecule has 0 spiro atoms. The second kappa shape index (κ2) is 5.73. The quantitative estimate of drug-likeness (QED) is 0.630. The van der Waals surface area contributed by atoms with Gasteiger partial charge in [-0.1, -0.05) is 52.3 Å². The highest BCUT2D eigenvalue weighted by molar-refractivity contribution is 9.10. The SMILES string of the molecule is CC1(C)Cc2ccc(Br)cc2C(=CC(=O)c2ccccc2)N1. The standard InChI is InChI=1S/C19H18BrNO/c1-19(2)12-14-8-9-15(20)10-16(14)17(21-19)11-18(22)13-6-4-3-5-7-13/h3-11,21H,12H2,1-2H3. The van der Waals surface area contributed by atoms with Gasteiger partial charge in [-0.2, -0.15) is 0 Å². The van der Waals surface area contributed by atoms with Crippen LogP contribution >= 0.6 is 15.9 Å². The maximum atomic E-state index is 12.5. The van der Waals surface area contributed by atoms with E-state index in [9.17, 15) is 4.79 Å². The molecule has 1 N–H and O–H groups in total. The van der Waals surface area contributed by atoms with Crippen molar-refractivity contribution in [3.05, 3.63) is 75.8 Å². The molecule has 2 nitrogen and oxygen atoms in total. The van der Waals surface area contributed by atoms with E-state index in [2.05, 4.69) is 53.3 Å². The van der Waals surface area contributed by atoms with E-state index in [1.165, 1.54) is 5.56 Å². The lowest BCUT2D eigenvalue weighted by Gasteiger charge is -2.35. The number of halogens is 1. The van der Waals surface area contributed by atoms with Gasteiger partial charge in [0.25, 0.3) is 0 Å². The van der Waals surface area contributed by atoms with Gasteiger partial charge in [-0.25, -0.2) is 0 Å². The second-order valence-corrected chi connectivity index (χ2v) is 7.19. The van der Waals surface area contributed by atoms with Crippen molar-refractivity contribution >= 4 is 27.4 Å². The monoisotopic (exact) mass is 355 g/mol. The minimum absolute atomic E-state index is 0.0201. The zero-order chi connectivity index (χ0) is 15.7. The van der Waals surface area contributed by atoms with Crippen LogP contribution in [0.1, 0.15) is 35.3 Å². The summed E-state index contributed by atoms with van der Waals surface area (Å²) in [7, 11) is 0. The van der Waals surface area contributed by atoms with Crippen molar-refractivity contribution in [1.82, 2.24) is 5.32 Å². The number of hydrogen-bond donors (Lipinski definition) is 1. The van der Waals surface area contributed by atoms with Crippen molar-refractivity contribution in [3.63, 3.8) is 0 Å². The predicted octanol–water partition coefficient (Wildman–Crippen LogP) is 4.60. The Bertz CT molecular complexity index is 747. The van der Waals surface area contributed by atoms with Crippen LogP contribution < -0.4 is 5.32 Å². The number of ketones is 1. The molecule has 0 saturated carbocycles. The van der Waals surface area contributed by atoms with Crippen molar-refractivity contribution in [3.8, 4) is 0 Å². The molecule has 0 aliphatic carbocycles. The summed E-state index contributed by atoms with van der Waals surface area (Å²) in [6.07, 6.45) is 2.65. The number of benzene rings is 2. The third-order valence-electron chi connectivity index (χ3n) is 3.80. The Hall–Kier alpha value is -1.87. The van der Waals surface area contributed by atoms with Gasteiger partial charge in [-0.05, 0) is 38.0 Å². The zero-order valence-electron chi connectivity index (χ0n) is 12.7. The number of rotatable bonds is 2. The Balaban J connectivity index is 2.05. The van der Waals surface area contributed by atoms with Gasteiger partial charge in [0.1, 0.15) is 0 Å². The molecule has 22 heavy (non-hydrogen) atoms. The topological polar surface area (TPSA) is 29.1 Å². The molecule has 3 heteroatoms. The Kier molecular flexibility index (Phi) is 3.92. The molecular weight excluding hydrogens is 338 g/mol. The first kappa shape index (κ1) is 15.0. The fourth-order valence-electron chi connectivity index (χ4n) is 2.84. The van der Waals surface area contributed by atoms with Gasteiger partial charge in [0, 0.05) is 32.9 Å². The first-order valence-electron chi connectivity index (χ1n) is 7.33. The van der Waals surface area contributed by atoms with Crippen LogP contribution in [0, 0.1) is 0 Å². The minimum Gasteiger partial charge on any atom is -0.379 e. The van der Waals surface area contributed by atoms with Crippen LogP contribution in [-0.4, -0.2) is 11.3 Å². The lowest BCUT2D eigenvalue weighted by atomic mass is 9.85. The smallest absolute Gasteiger partial charge is 0.187 e. The highest BCUT2D eigenvalue weighted by Gasteiger charge is 2.28. The van der Waals surface area contributed by atoms with Gasteiger partial charge >= 0.3 is 0 Å². The van der Waals surface area contributed by atoms with Crippen LogP contribution in [0.25, 0.3) is 5.70 Å². The van der Waals surface area contributed by atoms with Crippen molar-refractivity contribution in [1.29, 1.82) is 0 Å². The maximum absolute atomic E-state index is 12.5. The molecule has 2 aromatic carbocycles. The molecule has 1 aliphatic heterocycles. The van der Waals surface area contributed by atoms with E-state index in [1.807, 2.05) is 30.3 Å². The van der Waals surface area contributed by atoms with Gasteiger partial charge in [-0.3, -0.25) is 4.79 Å². The van der Waals surface area contributed by atoms with E-state index in [0.717, 1.165) is 22.2 Å². The van der Waals surface area contributed by atoms with Gasteiger partial charge in [-0.15, -0.1) is 0 Å². The van der Waals surface area contributed by atoms with Gasteiger partial charge in [0.15, 0.2) is 5.78 Å². The summed E-state index contributed by atoms with van der Waals surface area (Å²) >= 11 is 3.52.